The number of ether oxygens (including phenoxy) is 2. The molecule has 0 radical (unpaired) electrons. The molecule has 6 rings (SSSR count). The van der Waals surface area contributed by atoms with Gasteiger partial charge in [0.1, 0.15) is 11.6 Å². The summed E-state index contributed by atoms with van der Waals surface area (Å²) >= 11 is 12.2. The monoisotopic (exact) mass is 852 g/mol. The maximum atomic E-state index is 12.3. The number of carbonyl (C=O) groups is 2. The van der Waals surface area contributed by atoms with Crippen LogP contribution in [-0.4, -0.2) is 71.5 Å². The SMILES string of the molecule is Cc1cc2nc(N(C)C)ccc2c(-c2ccc(Cl)cc2)c1[C@H](OC(C)(C)C)C(=O)O.Cc1cc2nc(N(C)C)ccc2c(-c2ccc(Cl)cc2)c1[C@H](OC(C)(C)C)C(=O)O. The fourth-order valence-electron chi connectivity index (χ4n) is 7.02. The lowest BCUT2D eigenvalue weighted by Crippen LogP contribution is -2.28. The first kappa shape index (κ1) is 45.8. The Morgan fingerprint density at radius 1 is 0.567 bits per heavy atom. The lowest BCUT2D eigenvalue weighted by atomic mass is 9.88. The first-order chi connectivity index (χ1) is 28.0. The normalized spacial score (nSPS) is 12.8. The zero-order valence-electron chi connectivity index (χ0n) is 36.3. The lowest BCUT2D eigenvalue weighted by Gasteiger charge is -2.28. The third kappa shape index (κ3) is 10.7. The maximum Gasteiger partial charge on any atom is 0.337 e. The summed E-state index contributed by atoms with van der Waals surface area (Å²) in [5.41, 5.74) is 6.56. The number of hydrogen-bond acceptors (Lipinski definition) is 8. The molecule has 2 atom stereocenters. The van der Waals surface area contributed by atoms with E-state index in [4.69, 9.17) is 42.6 Å². The zero-order chi connectivity index (χ0) is 44.4. The van der Waals surface area contributed by atoms with Crippen LogP contribution in [0, 0.1) is 13.8 Å². The minimum atomic E-state index is -1.12. The van der Waals surface area contributed by atoms with Crippen LogP contribution in [0.2, 0.25) is 10.0 Å². The molecular formula is C48H54Cl2N4O6. The number of aliphatic carboxylic acids is 2. The highest BCUT2D eigenvalue weighted by Crippen LogP contribution is 2.42. The molecule has 10 nitrogen and oxygen atoms in total. The fourth-order valence-corrected chi connectivity index (χ4v) is 7.28. The number of pyridine rings is 2. The van der Waals surface area contributed by atoms with Crippen LogP contribution >= 0.6 is 23.2 Å². The third-order valence-corrected chi connectivity index (χ3v) is 10.1. The first-order valence-corrected chi connectivity index (χ1v) is 20.3. The van der Waals surface area contributed by atoms with Gasteiger partial charge in [-0.15, -0.1) is 0 Å². The van der Waals surface area contributed by atoms with Gasteiger partial charge in [-0.3, -0.25) is 0 Å². The predicted molar refractivity (Wildman–Crippen MR) is 245 cm³/mol. The summed E-state index contributed by atoms with van der Waals surface area (Å²) in [6.07, 6.45) is -2.23. The van der Waals surface area contributed by atoms with E-state index in [1.165, 1.54) is 0 Å². The predicted octanol–water partition coefficient (Wildman–Crippen LogP) is 11.7. The molecule has 12 heteroatoms. The molecule has 0 aliphatic rings. The quantitative estimate of drug-likeness (QED) is 0.138. The van der Waals surface area contributed by atoms with Gasteiger partial charge < -0.3 is 29.5 Å². The Balaban J connectivity index is 0.000000228. The van der Waals surface area contributed by atoms with E-state index in [1.54, 1.807) is 24.3 Å². The number of halogens is 2. The second kappa shape index (κ2) is 18.2. The van der Waals surface area contributed by atoms with Crippen molar-refractivity contribution in [3.63, 3.8) is 0 Å². The van der Waals surface area contributed by atoms with Gasteiger partial charge in [0.15, 0.2) is 12.2 Å². The van der Waals surface area contributed by atoms with Crippen molar-refractivity contribution in [2.75, 3.05) is 38.0 Å². The van der Waals surface area contributed by atoms with Crippen molar-refractivity contribution in [2.45, 2.75) is 78.8 Å². The van der Waals surface area contributed by atoms with Gasteiger partial charge >= 0.3 is 11.9 Å². The summed E-state index contributed by atoms with van der Waals surface area (Å²) in [6.45, 7) is 14.9. The van der Waals surface area contributed by atoms with Crippen LogP contribution in [0.15, 0.2) is 84.9 Å². The standard InChI is InChI=1S/2C24H27ClN2O3/c2*1-14-13-18-17(11-12-19(26-18)27(5)6)21(15-7-9-16(25)10-8-15)20(14)22(23(28)29)30-24(2,3)4/h2*7-13,22H,1-6H3,(H,28,29)/t2*22-/m00/s1. The smallest absolute Gasteiger partial charge is 0.337 e. The minimum absolute atomic E-state index is 0.617. The first-order valence-electron chi connectivity index (χ1n) is 19.5. The largest absolute Gasteiger partial charge is 0.479 e. The number of aromatic nitrogens is 2. The summed E-state index contributed by atoms with van der Waals surface area (Å²) in [4.78, 5) is 38.0. The molecule has 0 unspecified atom stereocenters. The van der Waals surface area contributed by atoms with Crippen LogP contribution in [0.5, 0.6) is 0 Å². The van der Waals surface area contributed by atoms with E-state index in [0.29, 0.717) is 21.2 Å². The average molecular weight is 854 g/mol. The van der Waals surface area contributed by atoms with Crippen molar-refractivity contribution < 1.29 is 29.3 Å². The molecule has 4 aromatic carbocycles. The highest BCUT2D eigenvalue weighted by molar-refractivity contribution is 6.31. The van der Waals surface area contributed by atoms with E-state index in [0.717, 1.165) is 66.8 Å². The van der Waals surface area contributed by atoms with Crippen LogP contribution in [0.1, 0.15) is 76.0 Å². The van der Waals surface area contributed by atoms with Gasteiger partial charge in [-0.2, -0.15) is 0 Å². The Bertz CT molecular complexity index is 2350. The van der Waals surface area contributed by atoms with Crippen LogP contribution in [-0.2, 0) is 19.1 Å². The van der Waals surface area contributed by atoms with Crippen molar-refractivity contribution in [1.29, 1.82) is 0 Å². The van der Waals surface area contributed by atoms with Crippen molar-refractivity contribution in [2.24, 2.45) is 0 Å². The number of hydrogen-bond donors (Lipinski definition) is 2. The van der Waals surface area contributed by atoms with E-state index < -0.39 is 35.3 Å². The second-order valence-corrected chi connectivity index (χ2v) is 18.0. The van der Waals surface area contributed by atoms with Gasteiger partial charge in [0.2, 0.25) is 0 Å². The summed E-state index contributed by atoms with van der Waals surface area (Å²) in [6, 6.07) is 26.5. The molecule has 2 N–H and O–H groups in total. The molecule has 316 valence electrons. The Hall–Kier alpha value is -5.26. The number of fused-ring (bicyclic) bond motifs is 2. The van der Waals surface area contributed by atoms with Crippen LogP contribution < -0.4 is 9.80 Å². The molecule has 60 heavy (non-hydrogen) atoms. The molecule has 0 fully saturated rings. The molecule has 0 saturated carbocycles. The lowest BCUT2D eigenvalue weighted by molar-refractivity contribution is -0.161. The van der Waals surface area contributed by atoms with Gasteiger partial charge in [-0.25, -0.2) is 19.6 Å². The third-order valence-electron chi connectivity index (χ3n) is 9.55. The van der Waals surface area contributed by atoms with Crippen LogP contribution in [0.4, 0.5) is 11.6 Å². The van der Waals surface area contributed by atoms with Crippen molar-refractivity contribution in [1.82, 2.24) is 9.97 Å². The number of nitrogens with zero attached hydrogens (tertiary/aromatic N) is 4. The van der Waals surface area contributed by atoms with Gasteiger partial charge in [-0.1, -0.05) is 47.5 Å². The van der Waals surface area contributed by atoms with E-state index in [1.807, 2.05) is 154 Å². The minimum Gasteiger partial charge on any atom is -0.479 e. The summed E-state index contributed by atoms with van der Waals surface area (Å²) in [5, 5.41) is 23.1. The highest BCUT2D eigenvalue weighted by Gasteiger charge is 2.33. The van der Waals surface area contributed by atoms with Crippen molar-refractivity contribution >= 4 is 68.6 Å². The van der Waals surface area contributed by atoms with Crippen LogP contribution in [0.3, 0.4) is 0 Å². The number of anilines is 2. The molecule has 0 bridgehead atoms. The molecule has 6 aromatic rings. The van der Waals surface area contributed by atoms with Gasteiger partial charge in [0.25, 0.3) is 0 Å². The fraction of sp³-hybridized carbons (Fsp3) is 0.333. The molecule has 0 aliphatic carbocycles. The van der Waals surface area contributed by atoms with E-state index in [-0.39, 0.29) is 0 Å². The molecule has 2 aromatic heterocycles. The second-order valence-electron chi connectivity index (χ2n) is 17.1. The summed E-state index contributed by atoms with van der Waals surface area (Å²) < 4.78 is 12.0. The van der Waals surface area contributed by atoms with Crippen molar-refractivity contribution in [3.8, 4) is 22.3 Å². The molecule has 2 heterocycles. The van der Waals surface area contributed by atoms with Gasteiger partial charge in [0.05, 0.1) is 22.2 Å². The van der Waals surface area contributed by atoms with Crippen molar-refractivity contribution in [3.05, 3.63) is 117 Å². The number of carboxylic acid groups (broad SMARTS) is 2. The maximum absolute atomic E-state index is 12.3. The summed E-state index contributed by atoms with van der Waals surface area (Å²) in [7, 11) is 7.75. The van der Waals surface area contributed by atoms with E-state index >= 15 is 0 Å². The molecule has 0 spiro atoms. The summed E-state index contributed by atoms with van der Waals surface area (Å²) in [5.74, 6) is -0.393. The molecule has 0 saturated heterocycles. The average Bonchev–Trinajstić information content (AvgIpc) is 3.15. The zero-order valence-corrected chi connectivity index (χ0v) is 37.8. The number of carboxylic acids is 2. The number of benzene rings is 4. The molecule has 0 amide bonds. The Morgan fingerprint density at radius 2 is 0.883 bits per heavy atom. The van der Waals surface area contributed by atoms with Gasteiger partial charge in [-0.05, 0) is 149 Å². The highest BCUT2D eigenvalue weighted by atomic mass is 35.5. The topological polar surface area (TPSA) is 125 Å². The van der Waals surface area contributed by atoms with E-state index in [2.05, 4.69) is 0 Å². The Kier molecular flexibility index (Phi) is 13.9. The van der Waals surface area contributed by atoms with Gasteiger partial charge in [0, 0.05) is 60.1 Å². The molecular weight excluding hydrogens is 799 g/mol. The van der Waals surface area contributed by atoms with Crippen LogP contribution in [0.25, 0.3) is 44.1 Å². The molecule has 0 aliphatic heterocycles. The van der Waals surface area contributed by atoms with E-state index in [9.17, 15) is 19.8 Å². The Labute approximate surface area is 362 Å². The Morgan fingerprint density at radius 3 is 1.15 bits per heavy atom. The number of rotatable bonds is 10. The number of aryl methyl sites for hydroxylation is 2.